The maximum absolute atomic E-state index is 6.21. The molecule has 0 atom stereocenters. The first-order valence-corrected chi connectivity index (χ1v) is 8.21. The summed E-state index contributed by atoms with van der Waals surface area (Å²) in [6.07, 6.45) is 2.24. The molecular weight excluding hydrogens is 266 g/mol. The smallest absolute Gasteiger partial charge is 0.0963 e. The topological polar surface area (TPSA) is 12.5 Å². The van der Waals surface area contributed by atoms with Gasteiger partial charge in [-0.05, 0) is 35.4 Å². The molecule has 3 heterocycles. The van der Waals surface area contributed by atoms with Crippen molar-refractivity contribution in [3.63, 3.8) is 0 Å². The van der Waals surface area contributed by atoms with Crippen LogP contribution in [0, 0.1) is 0 Å². The minimum Gasteiger partial charge on any atom is -0.365 e. The van der Waals surface area contributed by atoms with Gasteiger partial charge in [-0.15, -0.1) is 11.3 Å². The Kier molecular flexibility index (Phi) is 3.14. The molecule has 2 nitrogen and oxygen atoms in total. The molecule has 0 saturated carbocycles. The summed E-state index contributed by atoms with van der Waals surface area (Å²) in [5, 5.41) is 2.16. The van der Waals surface area contributed by atoms with Crippen LogP contribution in [0.1, 0.15) is 28.8 Å². The lowest BCUT2D eigenvalue weighted by molar-refractivity contribution is -0.0798. The molecular formula is C17H19NOS. The first kappa shape index (κ1) is 12.6. The summed E-state index contributed by atoms with van der Waals surface area (Å²) in [4.78, 5) is 4.02. The normalized spacial score (nSPS) is 21.2. The van der Waals surface area contributed by atoms with Crippen LogP contribution in [0.25, 0.3) is 0 Å². The number of likely N-dealkylation sites (tertiary alicyclic amines) is 1. The van der Waals surface area contributed by atoms with Gasteiger partial charge in [0, 0.05) is 24.5 Å². The zero-order valence-electron chi connectivity index (χ0n) is 11.5. The average molecular weight is 285 g/mol. The van der Waals surface area contributed by atoms with Crippen molar-refractivity contribution in [3.8, 4) is 0 Å². The second-order valence-corrected chi connectivity index (χ2v) is 6.83. The van der Waals surface area contributed by atoms with Crippen molar-refractivity contribution < 1.29 is 4.74 Å². The Hall–Kier alpha value is -1.16. The second-order valence-electron chi connectivity index (χ2n) is 5.80. The number of hydrogen-bond donors (Lipinski definition) is 0. The van der Waals surface area contributed by atoms with Crippen LogP contribution in [-0.2, 0) is 23.5 Å². The predicted octanol–water partition coefficient (Wildman–Crippen LogP) is 3.77. The third-order valence-electron chi connectivity index (χ3n) is 4.64. The quantitative estimate of drug-likeness (QED) is 0.833. The zero-order valence-corrected chi connectivity index (χ0v) is 12.4. The van der Waals surface area contributed by atoms with Crippen molar-refractivity contribution >= 4 is 11.3 Å². The lowest BCUT2D eigenvalue weighted by Gasteiger charge is -2.39. The van der Waals surface area contributed by atoms with E-state index in [9.17, 15) is 0 Å². The lowest BCUT2D eigenvalue weighted by Crippen LogP contribution is -2.41. The molecule has 2 aromatic rings. The van der Waals surface area contributed by atoms with Crippen LogP contribution >= 0.6 is 11.3 Å². The number of rotatable bonds is 2. The van der Waals surface area contributed by atoms with Crippen LogP contribution in [0.2, 0.25) is 0 Å². The molecule has 1 spiro atoms. The Bertz CT molecular complexity index is 585. The SMILES string of the molecule is c1csc(CN2CCC3(CC2)OCc2ccccc23)c1. The lowest BCUT2D eigenvalue weighted by atomic mass is 9.84. The Balaban J connectivity index is 1.47. The fraction of sp³-hybridized carbons (Fsp3) is 0.412. The molecule has 0 unspecified atom stereocenters. The van der Waals surface area contributed by atoms with Crippen molar-refractivity contribution in [2.75, 3.05) is 13.1 Å². The molecule has 1 aromatic heterocycles. The monoisotopic (exact) mass is 285 g/mol. The van der Waals surface area contributed by atoms with Crippen LogP contribution in [0.15, 0.2) is 41.8 Å². The van der Waals surface area contributed by atoms with E-state index < -0.39 is 0 Å². The highest BCUT2D eigenvalue weighted by molar-refractivity contribution is 7.09. The molecule has 0 N–H and O–H groups in total. The number of ether oxygens (including phenoxy) is 1. The first-order valence-electron chi connectivity index (χ1n) is 7.33. The Morgan fingerprint density at radius 2 is 1.95 bits per heavy atom. The summed E-state index contributed by atoms with van der Waals surface area (Å²) in [5.74, 6) is 0. The highest BCUT2D eigenvalue weighted by Crippen LogP contribution is 2.44. The minimum atomic E-state index is 0.00252. The summed E-state index contributed by atoms with van der Waals surface area (Å²) in [6.45, 7) is 4.15. The van der Waals surface area contributed by atoms with Gasteiger partial charge in [-0.2, -0.15) is 0 Å². The van der Waals surface area contributed by atoms with E-state index in [4.69, 9.17) is 4.74 Å². The van der Waals surface area contributed by atoms with Gasteiger partial charge in [-0.3, -0.25) is 4.90 Å². The number of thiophene rings is 1. The Labute approximate surface area is 124 Å². The highest BCUT2D eigenvalue weighted by atomic mass is 32.1. The van der Waals surface area contributed by atoms with Gasteiger partial charge in [0.1, 0.15) is 0 Å². The van der Waals surface area contributed by atoms with E-state index in [-0.39, 0.29) is 5.60 Å². The van der Waals surface area contributed by atoms with E-state index in [2.05, 4.69) is 46.7 Å². The third-order valence-corrected chi connectivity index (χ3v) is 5.50. The number of benzene rings is 1. The van der Waals surface area contributed by atoms with Gasteiger partial charge in [0.15, 0.2) is 0 Å². The number of hydrogen-bond acceptors (Lipinski definition) is 3. The highest BCUT2D eigenvalue weighted by Gasteiger charge is 2.42. The van der Waals surface area contributed by atoms with E-state index in [0.29, 0.717) is 0 Å². The summed E-state index contributed by atoms with van der Waals surface area (Å²) in [5.41, 5.74) is 2.83. The molecule has 2 aliphatic heterocycles. The number of fused-ring (bicyclic) bond motifs is 2. The maximum Gasteiger partial charge on any atom is 0.0963 e. The Morgan fingerprint density at radius 3 is 2.75 bits per heavy atom. The van der Waals surface area contributed by atoms with E-state index >= 15 is 0 Å². The standard InChI is InChI=1S/C17H19NOS/c1-2-6-16-14(4-1)13-19-17(16)7-9-18(10-8-17)12-15-5-3-11-20-15/h1-6,11H,7-10,12-13H2. The van der Waals surface area contributed by atoms with Gasteiger partial charge in [-0.1, -0.05) is 30.3 Å². The molecule has 104 valence electrons. The molecule has 0 aliphatic carbocycles. The van der Waals surface area contributed by atoms with Gasteiger partial charge in [0.05, 0.1) is 12.2 Å². The number of nitrogens with zero attached hydrogens (tertiary/aromatic N) is 1. The molecule has 4 rings (SSSR count). The van der Waals surface area contributed by atoms with Crippen molar-refractivity contribution in [2.45, 2.75) is 31.6 Å². The van der Waals surface area contributed by atoms with Gasteiger partial charge < -0.3 is 4.74 Å². The molecule has 0 radical (unpaired) electrons. The molecule has 0 bridgehead atoms. The molecule has 1 fully saturated rings. The molecule has 3 heteroatoms. The van der Waals surface area contributed by atoms with E-state index in [0.717, 1.165) is 39.1 Å². The summed E-state index contributed by atoms with van der Waals surface area (Å²) in [6, 6.07) is 13.1. The molecule has 1 saturated heterocycles. The number of piperidine rings is 1. The maximum atomic E-state index is 6.21. The van der Waals surface area contributed by atoms with Gasteiger partial charge in [0.25, 0.3) is 0 Å². The van der Waals surface area contributed by atoms with E-state index in [1.807, 2.05) is 11.3 Å². The molecule has 1 aromatic carbocycles. The van der Waals surface area contributed by atoms with E-state index in [1.54, 1.807) is 0 Å². The Morgan fingerprint density at radius 1 is 1.10 bits per heavy atom. The van der Waals surface area contributed by atoms with Gasteiger partial charge in [0.2, 0.25) is 0 Å². The van der Waals surface area contributed by atoms with Crippen molar-refractivity contribution in [2.24, 2.45) is 0 Å². The van der Waals surface area contributed by atoms with E-state index in [1.165, 1.54) is 16.0 Å². The van der Waals surface area contributed by atoms with Crippen LogP contribution in [0.5, 0.6) is 0 Å². The van der Waals surface area contributed by atoms with Gasteiger partial charge in [-0.25, -0.2) is 0 Å². The van der Waals surface area contributed by atoms with Crippen molar-refractivity contribution in [1.82, 2.24) is 4.90 Å². The first-order chi connectivity index (χ1) is 9.86. The van der Waals surface area contributed by atoms with Crippen LogP contribution in [0.3, 0.4) is 0 Å². The fourth-order valence-electron chi connectivity index (χ4n) is 3.49. The van der Waals surface area contributed by atoms with Gasteiger partial charge >= 0.3 is 0 Å². The summed E-state index contributed by atoms with van der Waals surface area (Å²) >= 11 is 1.86. The van der Waals surface area contributed by atoms with Crippen LogP contribution in [0.4, 0.5) is 0 Å². The summed E-state index contributed by atoms with van der Waals surface area (Å²) < 4.78 is 6.21. The third kappa shape index (κ3) is 2.10. The molecule has 20 heavy (non-hydrogen) atoms. The molecule has 0 amide bonds. The minimum absolute atomic E-state index is 0.00252. The molecule has 2 aliphatic rings. The van der Waals surface area contributed by atoms with Crippen LogP contribution < -0.4 is 0 Å². The fourth-order valence-corrected chi connectivity index (χ4v) is 4.24. The largest absolute Gasteiger partial charge is 0.365 e. The second kappa shape index (κ2) is 4.99. The average Bonchev–Trinajstić information content (AvgIpc) is 3.11. The zero-order chi connectivity index (χ0) is 13.4. The van der Waals surface area contributed by atoms with Crippen molar-refractivity contribution in [1.29, 1.82) is 0 Å². The van der Waals surface area contributed by atoms with Crippen molar-refractivity contribution in [3.05, 3.63) is 57.8 Å². The summed E-state index contributed by atoms with van der Waals surface area (Å²) in [7, 11) is 0. The van der Waals surface area contributed by atoms with Crippen LogP contribution in [-0.4, -0.2) is 18.0 Å². The predicted molar refractivity (Wildman–Crippen MR) is 81.7 cm³/mol.